The SMILES string of the molecule is Cc1c(C(=O)N[C@H]2c3cccc(F)c3CC[C@@H]2C)nnn1C1CCNCC1. The van der Waals surface area contributed by atoms with Gasteiger partial charge in [-0.25, -0.2) is 9.07 Å². The molecule has 0 radical (unpaired) electrons. The highest BCUT2D eigenvalue weighted by Gasteiger charge is 2.31. The zero-order chi connectivity index (χ0) is 19.0. The van der Waals surface area contributed by atoms with Gasteiger partial charge in [0.15, 0.2) is 5.69 Å². The van der Waals surface area contributed by atoms with Crippen molar-refractivity contribution in [3.63, 3.8) is 0 Å². The summed E-state index contributed by atoms with van der Waals surface area (Å²) in [7, 11) is 0. The second-order valence-electron chi connectivity index (χ2n) is 7.72. The normalized spacial score (nSPS) is 23.1. The zero-order valence-corrected chi connectivity index (χ0v) is 15.8. The number of piperidine rings is 1. The Hall–Kier alpha value is -2.28. The summed E-state index contributed by atoms with van der Waals surface area (Å²) in [6.45, 7) is 5.90. The number of carbonyl (C=O) groups excluding carboxylic acids is 1. The average Bonchev–Trinajstić information content (AvgIpc) is 3.06. The summed E-state index contributed by atoms with van der Waals surface area (Å²) in [5.74, 6) is -0.184. The third-order valence-corrected chi connectivity index (χ3v) is 5.99. The molecule has 0 unspecified atom stereocenters. The minimum Gasteiger partial charge on any atom is -0.343 e. The maximum absolute atomic E-state index is 14.2. The summed E-state index contributed by atoms with van der Waals surface area (Å²) >= 11 is 0. The Morgan fingerprint density at radius 3 is 2.85 bits per heavy atom. The molecule has 7 heteroatoms. The van der Waals surface area contributed by atoms with E-state index in [1.165, 1.54) is 6.07 Å². The van der Waals surface area contributed by atoms with Gasteiger partial charge in [-0.1, -0.05) is 24.3 Å². The Kier molecular flexibility index (Phi) is 4.95. The summed E-state index contributed by atoms with van der Waals surface area (Å²) in [6.07, 6.45) is 3.52. The van der Waals surface area contributed by atoms with Crippen LogP contribution < -0.4 is 10.6 Å². The Labute approximate surface area is 158 Å². The van der Waals surface area contributed by atoms with Crippen LogP contribution in [0, 0.1) is 18.7 Å². The number of rotatable bonds is 3. The van der Waals surface area contributed by atoms with Gasteiger partial charge >= 0.3 is 0 Å². The minimum atomic E-state index is -0.235. The van der Waals surface area contributed by atoms with Crippen LogP contribution in [0.1, 0.15) is 65.6 Å². The largest absolute Gasteiger partial charge is 0.343 e. The lowest BCUT2D eigenvalue weighted by atomic mass is 9.80. The lowest BCUT2D eigenvalue weighted by molar-refractivity contribution is 0.0913. The first-order chi connectivity index (χ1) is 13.1. The van der Waals surface area contributed by atoms with E-state index in [9.17, 15) is 9.18 Å². The van der Waals surface area contributed by atoms with E-state index in [1.54, 1.807) is 6.07 Å². The Morgan fingerprint density at radius 2 is 2.07 bits per heavy atom. The van der Waals surface area contributed by atoms with Crippen LogP contribution in [-0.4, -0.2) is 34.0 Å². The predicted molar refractivity (Wildman–Crippen MR) is 100.0 cm³/mol. The van der Waals surface area contributed by atoms with Gasteiger partial charge in [0.25, 0.3) is 5.91 Å². The fourth-order valence-corrected chi connectivity index (χ4v) is 4.35. The van der Waals surface area contributed by atoms with E-state index >= 15 is 0 Å². The van der Waals surface area contributed by atoms with Gasteiger partial charge in [0, 0.05) is 0 Å². The average molecular weight is 371 g/mol. The molecule has 6 nitrogen and oxygen atoms in total. The smallest absolute Gasteiger partial charge is 0.274 e. The topological polar surface area (TPSA) is 71.8 Å². The van der Waals surface area contributed by atoms with Crippen molar-refractivity contribution in [3.8, 4) is 0 Å². The van der Waals surface area contributed by atoms with Gasteiger partial charge in [-0.2, -0.15) is 0 Å². The van der Waals surface area contributed by atoms with E-state index in [2.05, 4.69) is 27.9 Å². The van der Waals surface area contributed by atoms with Crippen molar-refractivity contribution >= 4 is 5.91 Å². The molecule has 1 amide bonds. The van der Waals surface area contributed by atoms with Crippen molar-refractivity contribution in [3.05, 3.63) is 46.5 Å². The summed E-state index contributed by atoms with van der Waals surface area (Å²) in [4.78, 5) is 12.9. The summed E-state index contributed by atoms with van der Waals surface area (Å²) in [5.41, 5.74) is 2.76. The summed E-state index contributed by atoms with van der Waals surface area (Å²) < 4.78 is 16.0. The third kappa shape index (κ3) is 3.36. The molecule has 1 aliphatic carbocycles. The molecule has 2 aromatic rings. The number of hydrogen-bond acceptors (Lipinski definition) is 4. The quantitative estimate of drug-likeness (QED) is 0.870. The Morgan fingerprint density at radius 1 is 1.30 bits per heavy atom. The number of carbonyl (C=O) groups is 1. The number of nitrogens with zero attached hydrogens (tertiary/aromatic N) is 3. The molecule has 0 saturated carbocycles. The lowest BCUT2D eigenvalue weighted by Gasteiger charge is -2.32. The first kappa shape index (κ1) is 18.1. The van der Waals surface area contributed by atoms with E-state index in [1.807, 2.05) is 17.7 Å². The summed E-state index contributed by atoms with van der Waals surface area (Å²) in [6, 6.07) is 5.19. The van der Waals surface area contributed by atoms with Crippen molar-refractivity contribution in [2.24, 2.45) is 5.92 Å². The molecular formula is C20H26FN5O. The zero-order valence-electron chi connectivity index (χ0n) is 15.8. The molecule has 2 heterocycles. The highest BCUT2D eigenvalue weighted by molar-refractivity contribution is 5.93. The standard InChI is InChI=1S/C20H26FN5O/c1-12-6-7-15-16(4-3-5-17(15)21)18(12)23-20(27)19-13(2)26(25-24-19)14-8-10-22-11-9-14/h3-5,12,14,18,22H,6-11H2,1-2H3,(H,23,27)/t12-,18+/m0/s1. The predicted octanol–water partition coefficient (Wildman–Crippen LogP) is 2.70. The van der Waals surface area contributed by atoms with Gasteiger partial charge in [0.2, 0.25) is 0 Å². The fourth-order valence-electron chi connectivity index (χ4n) is 4.35. The van der Waals surface area contributed by atoms with E-state index in [-0.39, 0.29) is 29.7 Å². The number of hydrogen-bond donors (Lipinski definition) is 2. The molecule has 0 bridgehead atoms. The molecule has 1 aromatic heterocycles. The van der Waals surface area contributed by atoms with Gasteiger partial charge in [-0.05, 0) is 68.8 Å². The summed E-state index contributed by atoms with van der Waals surface area (Å²) in [5, 5.41) is 14.8. The van der Waals surface area contributed by atoms with E-state index in [4.69, 9.17) is 0 Å². The lowest BCUT2D eigenvalue weighted by Crippen LogP contribution is -2.36. The van der Waals surface area contributed by atoms with E-state index in [0.29, 0.717) is 12.1 Å². The molecule has 144 valence electrons. The van der Waals surface area contributed by atoms with Gasteiger partial charge in [0.1, 0.15) is 5.82 Å². The van der Waals surface area contributed by atoms with Crippen LogP contribution >= 0.6 is 0 Å². The first-order valence-electron chi connectivity index (χ1n) is 9.77. The molecule has 2 N–H and O–H groups in total. The minimum absolute atomic E-state index is 0.188. The first-order valence-corrected chi connectivity index (χ1v) is 9.77. The van der Waals surface area contributed by atoms with Gasteiger partial charge in [0.05, 0.1) is 17.8 Å². The van der Waals surface area contributed by atoms with Crippen LogP contribution in [0.5, 0.6) is 0 Å². The highest BCUT2D eigenvalue weighted by atomic mass is 19.1. The number of halogens is 1. The third-order valence-electron chi connectivity index (χ3n) is 5.99. The van der Waals surface area contributed by atoms with Crippen LogP contribution in [0.3, 0.4) is 0 Å². The monoisotopic (exact) mass is 371 g/mol. The Bertz CT molecular complexity index is 843. The maximum atomic E-state index is 14.2. The second-order valence-corrected chi connectivity index (χ2v) is 7.72. The van der Waals surface area contributed by atoms with E-state index in [0.717, 1.165) is 49.2 Å². The Balaban J connectivity index is 1.56. The van der Waals surface area contributed by atoms with Crippen molar-refractivity contribution in [1.82, 2.24) is 25.6 Å². The highest BCUT2D eigenvalue weighted by Crippen LogP contribution is 2.35. The molecule has 2 aliphatic rings. The van der Waals surface area contributed by atoms with Crippen LogP contribution in [0.2, 0.25) is 0 Å². The van der Waals surface area contributed by atoms with Crippen molar-refractivity contribution in [2.75, 3.05) is 13.1 Å². The number of aromatic nitrogens is 3. The number of amides is 1. The second kappa shape index (κ2) is 7.38. The molecule has 0 spiro atoms. The molecule has 1 aliphatic heterocycles. The maximum Gasteiger partial charge on any atom is 0.274 e. The van der Waals surface area contributed by atoms with Crippen LogP contribution in [-0.2, 0) is 6.42 Å². The van der Waals surface area contributed by atoms with Gasteiger partial charge < -0.3 is 10.6 Å². The molecule has 4 rings (SSSR count). The number of nitrogens with one attached hydrogen (secondary N) is 2. The molecular weight excluding hydrogens is 345 g/mol. The van der Waals surface area contributed by atoms with Crippen molar-refractivity contribution in [2.45, 2.75) is 51.6 Å². The molecule has 1 fully saturated rings. The fraction of sp³-hybridized carbons (Fsp3) is 0.550. The van der Waals surface area contributed by atoms with Gasteiger partial charge in [-0.3, -0.25) is 4.79 Å². The molecule has 1 saturated heterocycles. The van der Waals surface area contributed by atoms with Crippen LogP contribution in [0.4, 0.5) is 4.39 Å². The van der Waals surface area contributed by atoms with Crippen LogP contribution in [0.15, 0.2) is 18.2 Å². The van der Waals surface area contributed by atoms with Gasteiger partial charge in [-0.15, -0.1) is 5.10 Å². The molecule has 2 atom stereocenters. The number of fused-ring (bicyclic) bond motifs is 1. The number of benzene rings is 1. The molecule has 1 aromatic carbocycles. The van der Waals surface area contributed by atoms with E-state index < -0.39 is 0 Å². The molecule has 27 heavy (non-hydrogen) atoms. The van der Waals surface area contributed by atoms with Crippen LogP contribution in [0.25, 0.3) is 0 Å². The van der Waals surface area contributed by atoms with Crippen molar-refractivity contribution < 1.29 is 9.18 Å². The van der Waals surface area contributed by atoms with Crippen molar-refractivity contribution in [1.29, 1.82) is 0 Å².